The Bertz CT molecular complexity index is 388. The van der Waals surface area contributed by atoms with Crippen LogP contribution in [-0.2, 0) is 0 Å². The Labute approximate surface area is 108 Å². The Hall–Kier alpha value is -0.560. The average Bonchev–Trinajstić information content (AvgIpc) is 2.26. The summed E-state index contributed by atoms with van der Waals surface area (Å²) in [7, 11) is 0. The molecule has 0 heterocycles. The van der Waals surface area contributed by atoms with Crippen molar-refractivity contribution in [2.45, 2.75) is 47.0 Å². The fraction of sp³-hybridized carbons (Fsp3) is 0.467. The third-order valence-electron chi connectivity index (χ3n) is 3.06. The smallest absolute Gasteiger partial charge is 0.0178 e. The van der Waals surface area contributed by atoms with Crippen molar-refractivity contribution in [2.24, 2.45) is 0 Å². The third-order valence-corrected chi connectivity index (χ3v) is 3.55. The van der Waals surface area contributed by atoms with Crippen LogP contribution in [-0.4, -0.2) is 0 Å². The van der Waals surface area contributed by atoms with Crippen LogP contribution in [0, 0.1) is 6.92 Å². The predicted octanol–water partition coefficient (Wildman–Crippen LogP) is 5.74. The van der Waals surface area contributed by atoms with E-state index >= 15 is 0 Å². The Morgan fingerprint density at radius 3 is 2.44 bits per heavy atom. The van der Waals surface area contributed by atoms with Crippen LogP contribution in [0.3, 0.4) is 0 Å². The third kappa shape index (κ3) is 3.21. The molecule has 0 atom stereocenters. The van der Waals surface area contributed by atoms with Crippen molar-refractivity contribution in [3.05, 3.63) is 39.4 Å². The molecule has 0 saturated heterocycles. The summed E-state index contributed by atoms with van der Waals surface area (Å²) < 4.78 is 1.17. The first-order valence-electron chi connectivity index (χ1n) is 6.05. The molecule has 0 amide bonds. The van der Waals surface area contributed by atoms with E-state index in [1.165, 1.54) is 39.6 Å². The van der Waals surface area contributed by atoms with E-state index in [9.17, 15) is 0 Å². The van der Waals surface area contributed by atoms with Gasteiger partial charge in [0.1, 0.15) is 0 Å². The maximum absolute atomic E-state index is 3.52. The largest absolute Gasteiger partial charge is 0.0698 e. The van der Waals surface area contributed by atoms with Crippen molar-refractivity contribution in [3.63, 3.8) is 0 Å². The molecule has 0 spiro atoms. The van der Waals surface area contributed by atoms with Crippen LogP contribution in [0.2, 0.25) is 0 Å². The Morgan fingerprint density at radius 1 is 1.25 bits per heavy atom. The maximum Gasteiger partial charge on any atom is 0.0178 e. The summed E-state index contributed by atoms with van der Waals surface area (Å²) in [5.74, 6) is 0. The molecule has 0 aromatic heterocycles. The minimum Gasteiger partial charge on any atom is -0.0698 e. The first-order chi connectivity index (χ1) is 7.60. The summed E-state index contributed by atoms with van der Waals surface area (Å²) >= 11 is 3.52. The molecular formula is C15H21Br. The predicted molar refractivity (Wildman–Crippen MR) is 76.7 cm³/mol. The summed E-state index contributed by atoms with van der Waals surface area (Å²) in [6, 6.07) is 6.58. The second-order valence-electron chi connectivity index (χ2n) is 4.32. The summed E-state index contributed by atoms with van der Waals surface area (Å²) in [5, 5.41) is 0. The minimum absolute atomic E-state index is 1.14. The van der Waals surface area contributed by atoms with E-state index in [1.54, 1.807) is 0 Å². The van der Waals surface area contributed by atoms with Gasteiger partial charge in [-0.05, 0) is 55.5 Å². The first-order valence-corrected chi connectivity index (χ1v) is 6.84. The van der Waals surface area contributed by atoms with Crippen LogP contribution in [0.4, 0.5) is 0 Å². The van der Waals surface area contributed by atoms with Gasteiger partial charge in [0.15, 0.2) is 0 Å². The molecule has 16 heavy (non-hydrogen) atoms. The average molecular weight is 281 g/mol. The molecule has 0 N–H and O–H groups in total. The second kappa shape index (κ2) is 6.24. The molecule has 0 radical (unpaired) electrons. The number of benzene rings is 1. The molecule has 0 aliphatic rings. The van der Waals surface area contributed by atoms with Crippen molar-refractivity contribution in [2.75, 3.05) is 0 Å². The van der Waals surface area contributed by atoms with Crippen LogP contribution in [0.5, 0.6) is 0 Å². The number of hydrogen-bond donors (Lipinski definition) is 0. The van der Waals surface area contributed by atoms with Gasteiger partial charge in [-0.3, -0.25) is 0 Å². The van der Waals surface area contributed by atoms with Crippen LogP contribution in [0.15, 0.2) is 28.2 Å². The number of aryl methyl sites for hydroxylation is 1. The van der Waals surface area contributed by atoms with Gasteiger partial charge < -0.3 is 0 Å². The van der Waals surface area contributed by atoms with Gasteiger partial charge in [-0.15, -0.1) is 0 Å². The summed E-state index contributed by atoms with van der Waals surface area (Å²) in [4.78, 5) is 0. The van der Waals surface area contributed by atoms with Crippen LogP contribution in [0.1, 0.15) is 51.2 Å². The topological polar surface area (TPSA) is 0 Å². The van der Waals surface area contributed by atoms with Gasteiger partial charge in [0.2, 0.25) is 0 Å². The lowest BCUT2D eigenvalue weighted by molar-refractivity contribution is 0.950. The molecule has 0 saturated carbocycles. The van der Waals surface area contributed by atoms with Crippen LogP contribution < -0.4 is 0 Å². The zero-order valence-corrected chi connectivity index (χ0v) is 12.3. The number of hydrogen-bond acceptors (Lipinski definition) is 0. The van der Waals surface area contributed by atoms with Gasteiger partial charge >= 0.3 is 0 Å². The molecule has 1 aromatic carbocycles. The molecule has 1 aromatic rings. The molecule has 0 fully saturated rings. The van der Waals surface area contributed by atoms with E-state index in [0.29, 0.717) is 0 Å². The molecule has 1 heteroatoms. The van der Waals surface area contributed by atoms with Gasteiger partial charge in [-0.25, -0.2) is 0 Å². The molecule has 1 rings (SSSR count). The monoisotopic (exact) mass is 280 g/mol. The number of rotatable bonds is 4. The molecule has 0 aliphatic carbocycles. The van der Waals surface area contributed by atoms with Crippen molar-refractivity contribution in [1.29, 1.82) is 0 Å². The lowest BCUT2D eigenvalue weighted by atomic mass is 9.92. The van der Waals surface area contributed by atoms with Crippen LogP contribution >= 0.6 is 15.9 Å². The standard InChI is InChI=1S/C15H21Br/c1-5-7-14(11(3)6-2)15-9-8-13(16)10-12(15)4/h8-10H,5-7H2,1-4H3/b14-11+. The summed E-state index contributed by atoms with van der Waals surface area (Å²) in [6.45, 7) is 8.93. The molecule has 88 valence electrons. The maximum atomic E-state index is 3.52. The van der Waals surface area contributed by atoms with E-state index in [0.717, 1.165) is 6.42 Å². The van der Waals surface area contributed by atoms with E-state index < -0.39 is 0 Å². The van der Waals surface area contributed by atoms with E-state index in [2.05, 4.69) is 61.8 Å². The van der Waals surface area contributed by atoms with E-state index in [1.807, 2.05) is 0 Å². The van der Waals surface area contributed by atoms with Gasteiger partial charge in [0.05, 0.1) is 0 Å². The van der Waals surface area contributed by atoms with Gasteiger partial charge in [-0.1, -0.05) is 47.8 Å². The zero-order chi connectivity index (χ0) is 12.1. The van der Waals surface area contributed by atoms with E-state index in [4.69, 9.17) is 0 Å². The first kappa shape index (κ1) is 13.5. The zero-order valence-electron chi connectivity index (χ0n) is 10.7. The molecule has 0 bridgehead atoms. The Kier molecular flexibility index (Phi) is 5.27. The highest BCUT2D eigenvalue weighted by Gasteiger charge is 2.07. The molecular weight excluding hydrogens is 260 g/mol. The highest BCUT2D eigenvalue weighted by molar-refractivity contribution is 9.10. The number of halogens is 1. The van der Waals surface area contributed by atoms with E-state index in [-0.39, 0.29) is 0 Å². The second-order valence-corrected chi connectivity index (χ2v) is 5.24. The summed E-state index contributed by atoms with van der Waals surface area (Å²) in [5.41, 5.74) is 5.84. The fourth-order valence-corrected chi connectivity index (χ4v) is 2.48. The molecule has 0 aliphatic heterocycles. The number of allylic oxidation sites excluding steroid dienone is 2. The van der Waals surface area contributed by atoms with Crippen molar-refractivity contribution in [3.8, 4) is 0 Å². The minimum atomic E-state index is 1.14. The lowest BCUT2D eigenvalue weighted by Gasteiger charge is -2.14. The molecule has 0 nitrogen and oxygen atoms in total. The van der Waals surface area contributed by atoms with Crippen molar-refractivity contribution < 1.29 is 0 Å². The lowest BCUT2D eigenvalue weighted by Crippen LogP contribution is -1.93. The van der Waals surface area contributed by atoms with Gasteiger partial charge in [0, 0.05) is 4.47 Å². The van der Waals surface area contributed by atoms with Crippen molar-refractivity contribution in [1.82, 2.24) is 0 Å². The van der Waals surface area contributed by atoms with Gasteiger partial charge in [0.25, 0.3) is 0 Å². The normalized spacial score (nSPS) is 12.6. The quantitative estimate of drug-likeness (QED) is 0.660. The highest BCUT2D eigenvalue weighted by Crippen LogP contribution is 2.29. The Balaban J connectivity index is 3.21. The Morgan fingerprint density at radius 2 is 1.94 bits per heavy atom. The SMILES string of the molecule is CCC/C(=C(/C)CC)c1ccc(Br)cc1C. The van der Waals surface area contributed by atoms with Crippen molar-refractivity contribution >= 4 is 21.5 Å². The summed E-state index contributed by atoms with van der Waals surface area (Å²) in [6.07, 6.45) is 3.54. The highest BCUT2D eigenvalue weighted by atomic mass is 79.9. The van der Waals surface area contributed by atoms with Crippen LogP contribution in [0.25, 0.3) is 5.57 Å². The molecule has 0 unspecified atom stereocenters. The fourth-order valence-electron chi connectivity index (χ4n) is 2.01. The van der Waals surface area contributed by atoms with Gasteiger partial charge in [-0.2, -0.15) is 0 Å².